The maximum Gasteiger partial charge on any atom is 0.282 e. The van der Waals surface area contributed by atoms with Crippen LogP contribution in [0, 0.1) is 12.7 Å². The SMILES string of the molecule is COc1ccccc1C1=C(Nc2cccc(F)c2)C(=O)N(c2cc(Cl)ccc2C)C1=O. The molecule has 0 radical (unpaired) electrons. The molecule has 0 aromatic heterocycles. The second kappa shape index (κ2) is 8.24. The van der Waals surface area contributed by atoms with Crippen LogP contribution in [0.1, 0.15) is 11.1 Å². The maximum atomic E-state index is 13.7. The van der Waals surface area contributed by atoms with E-state index in [1.54, 1.807) is 55.5 Å². The van der Waals surface area contributed by atoms with Gasteiger partial charge in [-0.05, 0) is 48.9 Å². The fraction of sp³-hybridized carbons (Fsp3) is 0.0833. The Bertz CT molecular complexity index is 1240. The van der Waals surface area contributed by atoms with Gasteiger partial charge in [-0.2, -0.15) is 0 Å². The van der Waals surface area contributed by atoms with Crippen molar-refractivity contribution in [1.82, 2.24) is 0 Å². The standard InChI is InChI=1S/C24H18ClFN2O3/c1-14-10-11-15(25)12-19(14)28-23(29)21(18-8-3-4-9-20(18)31-2)22(24(28)30)27-17-7-5-6-16(26)13-17/h3-13,27H,1-2H3. The molecular formula is C24H18ClFN2O3. The summed E-state index contributed by atoms with van der Waals surface area (Å²) in [4.78, 5) is 28.1. The summed E-state index contributed by atoms with van der Waals surface area (Å²) < 4.78 is 19.2. The van der Waals surface area contributed by atoms with Gasteiger partial charge in [0.1, 0.15) is 17.3 Å². The van der Waals surface area contributed by atoms with Crippen molar-refractivity contribution in [2.75, 3.05) is 17.3 Å². The fourth-order valence-corrected chi connectivity index (χ4v) is 3.67. The Balaban J connectivity index is 1.90. The van der Waals surface area contributed by atoms with Crippen molar-refractivity contribution in [3.63, 3.8) is 0 Å². The minimum Gasteiger partial charge on any atom is -0.496 e. The van der Waals surface area contributed by atoms with Gasteiger partial charge in [-0.15, -0.1) is 0 Å². The van der Waals surface area contributed by atoms with Crippen LogP contribution in [-0.2, 0) is 9.59 Å². The number of imide groups is 1. The monoisotopic (exact) mass is 436 g/mol. The first-order valence-corrected chi connectivity index (χ1v) is 9.83. The Morgan fingerprint density at radius 3 is 2.48 bits per heavy atom. The maximum absolute atomic E-state index is 13.7. The molecule has 31 heavy (non-hydrogen) atoms. The second-order valence-electron chi connectivity index (χ2n) is 6.96. The minimum absolute atomic E-state index is 0.0273. The summed E-state index contributed by atoms with van der Waals surface area (Å²) in [6.07, 6.45) is 0. The van der Waals surface area contributed by atoms with Gasteiger partial charge in [0, 0.05) is 16.3 Å². The van der Waals surface area contributed by atoms with E-state index in [0.717, 1.165) is 4.90 Å². The Morgan fingerprint density at radius 2 is 1.74 bits per heavy atom. The Kier molecular flexibility index (Phi) is 5.48. The highest BCUT2D eigenvalue weighted by molar-refractivity contribution is 6.46. The van der Waals surface area contributed by atoms with Crippen LogP contribution in [0.5, 0.6) is 5.75 Å². The lowest BCUT2D eigenvalue weighted by molar-refractivity contribution is -0.120. The fourth-order valence-electron chi connectivity index (χ4n) is 3.50. The number of hydrogen-bond acceptors (Lipinski definition) is 4. The van der Waals surface area contributed by atoms with Gasteiger partial charge >= 0.3 is 0 Å². The summed E-state index contributed by atoms with van der Waals surface area (Å²) in [6, 6.07) is 17.6. The average molecular weight is 437 g/mol. The van der Waals surface area contributed by atoms with Crippen molar-refractivity contribution in [3.05, 3.63) is 94.4 Å². The van der Waals surface area contributed by atoms with Crippen molar-refractivity contribution in [1.29, 1.82) is 0 Å². The van der Waals surface area contributed by atoms with E-state index in [2.05, 4.69) is 5.32 Å². The minimum atomic E-state index is -0.569. The van der Waals surface area contributed by atoms with Crippen LogP contribution < -0.4 is 15.0 Å². The molecule has 1 N–H and O–H groups in total. The summed E-state index contributed by atoms with van der Waals surface area (Å²) in [5, 5.41) is 3.33. The molecule has 1 aliphatic rings. The smallest absolute Gasteiger partial charge is 0.282 e. The molecule has 0 aliphatic carbocycles. The van der Waals surface area contributed by atoms with Crippen molar-refractivity contribution in [3.8, 4) is 5.75 Å². The van der Waals surface area contributed by atoms with E-state index in [-0.39, 0.29) is 11.3 Å². The molecule has 156 valence electrons. The highest BCUT2D eigenvalue weighted by Gasteiger charge is 2.41. The Hall–Kier alpha value is -3.64. The molecule has 0 bridgehead atoms. The Morgan fingerprint density at radius 1 is 0.968 bits per heavy atom. The predicted octanol–water partition coefficient (Wildman–Crippen LogP) is 5.19. The van der Waals surface area contributed by atoms with Crippen molar-refractivity contribution in [2.45, 2.75) is 6.92 Å². The number of methoxy groups -OCH3 is 1. The van der Waals surface area contributed by atoms with Crippen LogP contribution in [0.4, 0.5) is 15.8 Å². The van der Waals surface area contributed by atoms with Crippen molar-refractivity contribution in [2.24, 2.45) is 0 Å². The molecule has 0 unspecified atom stereocenters. The van der Waals surface area contributed by atoms with E-state index in [9.17, 15) is 14.0 Å². The number of anilines is 2. The largest absolute Gasteiger partial charge is 0.496 e. The number of para-hydroxylation sites is 1. The van der Waals surface area contributed by atoms with Gasteiger partial charge in [-0.1, -0.05) is 41.9 Å². The molecule has 0 atom stereocenters. The van der Waals surface area contributed by atoms with E-state index >= 15 is 0 Å². The number of rotatable bonds is 5. The number of nitrogens with one attached hydrogen (secondary N) is 1. The number of ether oxygens (including phenoxy) is 1. The van der Waals surface area contributed by atoms with E-state index in [4.69, 9.17) is 16.3 Å². The predicted molar refractivity (Wildman–Crippen MR) is 119 cm³/mol. The van der Waals surface area contributed by atoms with Gasteiger partial charge in [-0.25, -0.2) is 9.29 Å². The third kappa shape index (κ3) is 3.78. The molecule has 7 heteroatoms. The molecule has 0 fully saturated rings. The third-order valence-corrected chi connectivity index (χ3v) is 5.20. The zero-order valence-electron chi connectivity index (χ0n) is 16.8. The van der Waals surface area contributed by atoms with E-state index in [1.165, 1.54) is 25.3 Å². The quantitative estimate of drug-likeness (QED) is 0.559. The third-order valence-electron chi connectivity index (χ3n) is 4.97. The molecule has 1 heterocycles. The lowest BCUT2D eigenvalue weighted by Crippen LogP contribution is -2.33. The first-order chi connectivity index (χ1) is 14.9. The van der Waals surface area contributed by atoms with Gasteiger partial charge in [-0.3, -0.25) is 9.59 Å². The molecule has 0 saturated heterocycles. The van der Waals surface area contributed by atoms with Crippen LogP contribution >= 0.6 is 11.6 Å². The van der Waals surface area contributed by atoms with Crippen LogP contribution in [0.2, 0.25) is 5.02 Å². The molecule has 2 amide bonds. The van der Waals surface area contributed by atoms with Gasteiger partial charge in [0.25, 0.3) is 11.8 Å². The number of carbonyl (C=O) groups excluding carboxylic acids is 2. The highest BCUT2D eigenvalue weighted by atomic mass is 35.5. The first kappa shape index (κ1) is 20.6. The summed E-state index contributed by atoms with van der Waals surface area (Å²) in [5.74, 6) is -1.13. The van der Waals surface area contributed by atoms with Crippen LogP contribution in [0.3, 0.4) is 0 Å². The van der Waals surface area contributed by atoms with Crippen LogP contribution in [-0.4, -0.2) is 18.9 Å². The van der Waals surface area contributed by atoms with E-state index in [0.29, 0.717) is 33.3 Å². The first-order valence-electron chi connectivity index (χ1n) is 9.46. The number of carbonyl (C=O) groups is 2. The zero-order valence-corrected chi connectivity index (χ0v) is 17.5. The van der Waals surface area contributed by atoms with Crippen molar-refractivity contribution < 1.29 is 18.7 Å². The van der Waals surface area contributed by atoms with E-state index < -0.39 is 17.6 Å². The summed E-state index contributed by atoms with van der Waals surface area (Å²) >= 11 is 6.14. The molecule has 4 rings (SSSR count). The van der Waals surface area contributed by atoms with Gasteiger partial charge in [0.05, 0.1) is 18.4 Å². The van der Waals surface area contributed by atoms with Gasteiger partial charge in [0.15, 0.2) is 0 Å². The number of nitrogens with zero attached hydrogens (tertiary/aromatic N) is 1. The average Bonchev–Trinajstić information content (AvgIpc) is 2.99. The number of amides is 2. The molecule has 5 nitrogen and oxygen atoms in total. The molecule has 3 aromatic rings. The number of halogens is 2. The molecule has 0 saturated carbocycles. The number of benzene rings is 3. The lowest BCUT2D eigenvalue weighted by atomic mass is 10.0. The summed E-state index contributed by atoms with van der Waals surface area (Å²) in [5.41, 5.74) is 2.03. The summed E-state index contributed by atoms with van der Waals surface area (Å²) in [6.45, 7) is 1.78. The summed E-state index contributed by atoms with van der Waals surface area (Å²) in [7, 11) is 1.49. The second-order valence-corrected chi connectivity index (χ2v) is 7.40. The molecule has 3 aromatic carbocycles. The van der Waals surface area contributed by atoms with Crippen LogP contribution in [0.25, 0.3) is 5.57 Å². The molecule has 1 aliphatic heterocycles. The number of aryl methyl sites for hydroxylation is 1. The molecular weight excluding hydrogens is 419 g/mol. The normalized spacial score (nSPS) is 13.7. The number of hydrogen-bond donors (Lipinski definition) is 1. The highest BCUT2D eigenvalue weighted by Crippen LogP contribution is 2.38. The Labute approximate surface area is 183 Å². The van der Waals surface area contributed by atoms with E-state index in [1.807, 2.05) is 0 Å². The van der Waals surface area contributed by atoms with Crippen molar-refractivity contribution >= 4 is 40.4 Å². The topological polar surface area (TPSA) is 58.6 Å². The van der Waals surface area contributed by atoms with Crippen LogP contribution in [0.15, 0.2) is 72.4 Å². The lowest BCUT2D eigenvalue weighted by Gasteiger charge is -2.18. The zero-order chi connectivity index (χ0) is 22.1. The van der Waals surface area contributed by atoms with Gasteiger partial charge < -0.3 is 10.1 Å². The van der Waals surface area contributed by atoms with Gasteiger partial charge in [0.2, 0.25) is 0 Å². The molecule has 0 spiro atoms.